The molecular weight excluding hydrogens is 346 g/mol. The lowest BCUT2D eigenvalue weighted by Crippen LogP contribution is -2.32. The average molecular weight is 367 g/mol. The molecular formula is C19H21N5O3. The van der Waals surface area contributed by atoms with Crippen LogP contribution in [0.25, 0.3) is 5.65 Å². The van der Waals surface area contributed by atoms with Crippen LogP contribution in [0.5, 0.6) is 0 Å². The Hall–Kier alpha value is -2.90. The van der Waals surface area contributed by atoms with Crippen LogP contribution in [0.4, 0.5) is 0 Å². The smallest absolute Gasteiger partial charge is 0.276 e. The monoisotopic (exact) mass is 367 g/mol. The van der Waals surface area contributed by atoms with E-state index in [0.717, 1.165) is 55.5 Å². The van der Waals surface area contributed by atoms with Crippen molar-refractivity contribution in [2.75, 3.05) is 6.54 Å². The van der Waals surface area contributed by atoms with Crippen LogP contribution in [0.3, 0.4) is 0 Å². The fourth-order valence-electron chi connectivity index (χ4n) is 4.32. The Morgan fingerprint density at radius 2 is 2.11 bits per heavy atom. The van der Waals surface area contributed by atoms with Crippen LogP contribution in [-0.2, 0) is 12.8 Å². The Bertz CT molecular complexity index is 1090. The molecule has 1 saturated heterocycles. The fraction of sp³-hybridized carbons (Fsp3) is 0.474. The van der Waals surface area contributed by atoms with E-state index in [9.17, 15) is 9.59 Å². The standard InChI is InChI=1S/C19H21N5O3/c1-11-9-17(25)24-16(20-11)10-13(21-24)14-6-4-8-23(14)19(26)18-12-5-2-3-7-15(12)27-22-18/h9-10,14,21H,2-8H2,1H3/t14-/m0/s1. The van der Waals surface area contributed by atoms with Crippen LogP contribution < -0.4 is 5.56 Å². The van der Waals surface area contributed by atoms with Crippen molar-refractivity contribution in [3.05, 3.63) is 50.9 Å². The fourth-order valence-corrected chi connectivity index (χ4v) is 4.32. The van der Waals surface area contributed by atoms with E-state index in [1.165, 1.54) is 10.6 Å². The van der Waals surface area contributed by atoms with Crippen LogP contribution in [-0.4, -0.2) is 37.1 Å². The molecule has 8 heteroatoms. The van der Waals surface area contributed by atoms with E-state index < -0.39 is 0 Å². The molecule has 140 valence electrons. The van der Waals surface area contributed by atoms with Gasteiger partial charge in [0.2, 0.25) is 0 Å². The summed E-state index contributed by atoms with van der Waals surface area (Å²) < 4.78 is 6.86. The first-order chi connectivity index (χ1) is 13.1. The SMILES string of the molecule is Cc1cc(=O)n2[nH]c([C@@H]3CCCN3C(=O)c3noc4c3CCCC4)cc2n1. The number of hydrogen-bond acceptors (Lipinski definition) is 5. The maximum absolute atomic E-state index is 13.2. The third-order valence-corrected chi connectivity index (χ3v) is 5.62. The molecule has 1 aliphatic carbocycles. The third kappa shape index (κ3) is 2.58. The summed E-state index contributed by atoms with van der Waals surface area (Å²) in [6.45, 7) is 2.47. The van der Waals surface area contributed by atoms with Gasteiger partial charge in [0.05, 0.1) is 11.7 Å². The van der Waals surface area contributed by atoms with Crippen molar-refractivity contribution >= 4 is 11.6 Å². The van der Waals surface area contributed by atoms with Crippen molar-refractivity contribution in [1.82, 2.24) is 24.7 Å². The summed E-state index contributed by atoms with van der Waals surface area (Å²) in [4.78, 5) is 31.6. The number of aromatic nitrogens is 4. The van der Waals surface area contributed by atoms with Gasteiger partial charge in [-0.25, -0.2) is 9.50 Å². The lowest BCUT2D eigenvalue weighted by Gasteiger charge is -2.23. The summed E-state index contributed by atoms with van der Waals surface area (Å²) in [5, 5.41) is 7.22. The first-order valence-electron chi connectivity index (χ1n) is 9.49. The van der Waals surface area contributed by atoms with Crippen LogP contribution >= 0.6 is 0 Å². The minimum Gasteiger partial charge on any atom is -0.360 e. The molecule has 1 fully saturated rings. The van der Waals surface area contributed by atoms with E-state index in [1.807, 2.05) is 11.0 Å². The summed E-state index contributed by atoms with van der Waals surface area (Å²) in [7, 11) is 0. The highest BCUT2D eigenvalue weighted by Crippen LogP contribution is 2.34. The summed E-state index contributed by atoms with van der Waals surface area (Å²) in [6, 6.07) is 3.24. The van der Waals surface area contributed by atoms with Crippen LogP contribution in [0.15, 0.2) is 21.5 Å². The molecule has 0 radical (unpaired) electrons. The Balaban J connectivity index is 1.50. The Labute approximate surface area is 155 Å². The van der Waals surface area contributed by atoms with E-state index in [4.69, 9.17) is 4.52 Å². The zero-order valence-corrected chi connectivity index (χ0v) is 15.2. The molecule has 5 rings (SSSR count). The van der Waals surface area contributed by atoms with Gasteiger partial charge >= 0.3 is 0 Å². The Morgan fingerprint density at radius 3 is 3.00 bits per heavy atom. The molecule has 8 nitrogen and oxygen atoms in total. The summed E-state index contributed by atoms with van der Waals surface area (Å²) in [6.07, 6.45) is 5.60. The molecule has 1 aliphatic heterocycles. The minimum absolute atomic E-state index is 0.0838. The second-order valence-corrected chi connectivity index (χ2v) is 7.44. The van der Waals surface area contributed by atoms with Crippen LogP contribution in [0.2, 0.25) is 0 Å². The molecule has 0 spiro atoms. The number of aromatic amines is 1. The molecule has 1 atom stereocenters. The van der Waals surface area contributed by atoms with Gasteiger partial charge in [-0.2, -0.15) is 0 Å². The predicted molar refractivity (Wildman–Crippen MR) is 96.7 cm³/mol. The molecule has 1 amide bonds. The van der Waals surface area contributed by atoms with Crippen molar-refractivity contribution in [2.24, 2.45) is 0 Å². The number of aryl methyl sites for hydroxylation is 2. The van der Waals surface area contributed by atoms with Gasteiger partial charge in [0.25, 0.3) is 11.5 Å². The van der Waals surface area contributed by atoms with E-state index in [2.05, 4.69) is 15.2 Å². The van der Waals surface area contributed by atoms with E-state index >= 15 is 0 Å². The van der Waals surface area contributed by atoms with E-state index in [0.29, 0.717) is 23.6 Å². The molecule has 4 heterocycles. The Morgan fingerprint density at radius 1 is 1.26 bits per heavy atom. The molecule has 0 aromatic carbocycles. The minimum atomic E-state index is -0.148. The molecule has 0 saturated carbocycles. The summed E-state index contributed by atoms with van der Waals surface area (Å²) >= 11 is 0. The van der Waals surface area contributed by atoms with Gasteiger partial charge in [-0.05, 0) is 39.0 Å². The molecule has 0 bridgehead atoms. The van der Waals surface area contributed by atoms with Gasteiger partial charge in [0.15, 0.2) is 11.3 Å². The molecule has 3 aromatic heterocycles. The number of likely N-dealkylation sites (tertiary alicyclic amines) is 1. The quantitative estimate of drug-likeness (QED) is 0.749. The number of hydrogen-bond donors (Lipinski definition) is 1. The van der Waals surface area contributed by atoms with Crippen LogP contribution in [0.1, 0.15) is 64.9 Å². The zero-order valence-electron chi connectivity index (χ0n) is 15.2. The van der Waals surface area contributed by atoms with Crippen molar-refractivity contribution < 1.29 is 9.32 Å². The normalized spacial score (nSPS) is 19.6. The highest BCUT2D eigenvalue weighted by molar-refractivity contribution is 5.94. The van der Waals surface area contributed by atoms with Gasteiger partial charge < -0.3 is 9.42 Å². The lowest BCUT2D eigenvalue weighted by molar-refractivity contribution is 0.0721. The number of nitrogens with one attached hydrogen (secondary N) is 1. The number of carbonyl (C=O) groups is 1. The van der Waals surface area contributed by atoms with Gasteiger partial charge in [-0.3, -0.25) is 14.7 Å². The second-order valence-electron chi connectivity index (χ2n) is 7.44. The van der Waals surface area contributed by atoms with Crippen molar-refractivity contribution in [2.45, 2.75) is 51.5 Å². The second kappa shape index (κ2) is 6.07. The number of fused-ring (bicyclic) bond motifs is 2. The van der Waals surface area contributed by atoms with Crippen molar-refractivity contribution in [3.8, 4) is 0 Å². The van der Waals surface area contributed by atoms with Gasteiger partial charge in [-0.1, -0.05) is 5.16 Å². The third-order valence-electron chi connectivity index (χ3n) is 5.62. The van der Waals surface area contributed by atoms with Crippen LogP contribution in [0, 0.1) is 6.92 Å². The van der Waals surface area contributed by atoms with E-state index in [-0.39, 0.29) is 17.5 Å². The number of nitrogens with zero attached hydrogens (tertiary/aromatic N) is 4. The van der Waals surface area contributed by atoms with E-state index in [1.54, 1.807) is 6.92 Å². The molecule has 27 heavy (non-hydrogen) atoms. The first-order valence-corrected chi connectivity index (χ1v) is 9.49. The summed E-state index contributed by atoms with van der Waals surface area (Å²) in [5.41, 5.74) is 3.37. The largest absolute Gasteiger partial charge is 0.360 e. The maximum Gasteiger partial charge on any atom is 0.276 e. The number of rotatable bonds is 2. The number of amides is 1. The Kier molecular flexibility index (Phi) is 3.66. The highest BCUT2D eigenvalue weighted by Gasteiger charge is 2.35. The van der Waals surface area contributed by atoms with Crippen molar-refractivity contribution in [1.29, 1.82) is 0 Å². The van der Waals surface area contributed by atoms with Gasteiger partial charge in [-0.15, -0.1) is 0 Å². The zero-order chi connectivity index (χ0) is 18.5. The maximum atomic E-state index is 13.2. The number of carbonyl (C=O) groups excluding carboxylic acids is 1. The van der Waals surface area contributed by atoms with Gasteiger partial charge in [0, 0.05) is 36.4 Å². The van der Waals surface area contributed by atoms with Gasteiger partial charge in [0.1, 0.15) is 5.76 Å². The lowest BCUT2D eigenvalue weighted by atomic mass is 9.96. The topological polar surface area (TPSA) is 96.5 Å². The predicted octanol–water partition coefficient (Wildman–Crippen LogP) is 2.18. The number of H-pyrrole nitrogens is 1. The summed E-state index contributed by atoms with van der Waals surface area (Å²) in [5.74, 6) is 0.775. The molecule has 1 N–H and O–H groups in total. The average Bonchev–Trinajstić information content (AvgIpc) is 3.38. The molecule has 2 aliphatic rings. The van der Waals surface area contributed by atoms with Crippen molar-refractivity contribution in [3.63, 3.8) is 0 Å². The first kappa shape index (κ1) is 16.3. The molecule has 0 unspecified atom stereocenters. The molecule has 3 aromatic rings. The highest BCUT2D eigenvalue weighted by atomic mass is 16.5.